The first-order valence-electron chi connectivity index (χ1n) is 7.09. The van der Waals surface area contributed by atoms with Crippen LogP contribution in [0.1, 0.15) is 32.8 Å². The molecule has 0 atom stereocenters. The molecule has 0 saturated carbocycles. The summed E-state index contributed by atoms with van der Waals surface area (Å²) in [7, 11) is -1.90. The van der Waals surface area contributed by atoms with Crippen molar-refractivity contribution < 1.29 is 13.2 Å². The molecule has 0 unspecified atom stereocenters. The van der Waals surface area contributed by atoms with Crippen molar-refractivity contribution in [1.82, 2.24) is 4.72 Å². The molecule has 120 valence electrons. The molecule has 0 bridgehead atoms. The molecule has 1 aromatic carbocycles. The quantitative estimate of drug-likeness (QED) is 0.721. The van der Waals surface area contributed by atoms with Gasteiger partial charge >= 0.3 is 0 Å². The minimum atomic E-state index is -3.54. The number of nitrogen functional groups attached to an aromatic ring is 1. The predicted molar refractivity (Wildman–Crippen MR) is 85.7 cm³/mol. The van der Waals surface area contributed by atoms with Crippen LogP contribution >= 0.6 is 0 Å². The molecule has 21 heavy (non-hydrogen) atoms. The van der Waals surface area contributed by atoms with Crippen molar-refractivity contribution in [2.75, 3.05) is 26.0 Å². The van der Waals surface area contributed by atoms with Gasteiger partial charge in [-0.1, -0.05) is 26.8 Å². The Bertz CT molecular complexity index is 568. The summed E-state index contributed by atoms with van der Waals surface area (Å²) < 4.78 is 32.3. The van der Waals surface area contributed by atoms with E-state index < -0.39 is 10.0 Å². The van der Waals surface area contributed by atoms with Crippen LogP contribution in [0, 0.1) is 5.41 Å². The number of hydrogen-bond donors (Lipinski definition) is 2. The van der Waals surface area contributed by atoms with Crippen LogP contribution in [0.5, 0.6) is 0 Å². The number of hydrogen-bond acceptors (Lipinski definition) is 4. The van der Waals surface area contributed by atoms with Crippen LogP contribution in [0.3, 0.4) is 0 Å². The van der Waals surface area contributed by atoms with Crippen molar-refractivity contribution in [3.63, 3.8) is 0 Å². The first-order chi connectivity index (χ1) is 9.72. The van der Waals surface area contributed by atoms with Gasteiger partial charge in [-0.3, -0.25) is 0 Å². The van der Waals surface area contributed by atoms with Gasteiger partial charge in [0, 0.05) is 25.9 Å². The number of anilines is 1. The van der Waals surface area contributed by atoms with Gasteiger partial charge < -0.3 is 10.5 Å². The first-order valence-corrected chi connectivity index (χ1v) is 8.57. The summed E-state index contributed by atoms with van der Waals surface area (Å²) in [5, 5.41) is 0. The van der Waals surface area contributed by atoms with Crippen LogP contribution in [0.15, 0.2) is 23.1 Å². The second-order valence-electron chi connectivity index (χ2n) is 5.95. The third-order valence-corrected chi connectivity index (χ3v) is 4.93. The molecule has 0 fully saturated rings. The molecule has 0 aliphatic carbocycles. The Labute approximate surface area is 127 Å². The van der Waals surface area contributed by atoms with Gasteiger partial charge in [-0.2, -0.15) is 0 Å². The monoisotopic (exact) mass is 314 g/mol. The topological polar surface area (TPSA) is 81.4 Å². The fourth-order valence-corrected chi connectivity index (χ4v) is 3.18. The van der Waals surface area contributed by atoms with Crippen molar-refractivity contribution in [2.24, 2.45) is 5.41 Å². The molecule has 1 aromatic rings. The SMILES string of the molecule is CCc1ccc(S(=O)(=O)NCC(C)(C)CCOC)cc1N. The van der Waals surface area contributed by atoms with Crippen molar-refractivity contribution >= 4 is 15.7 Å². The van der Waals surface area contributed by atoms with Crippen molar-refractivity contribution in [3.05, 3.63) is 23.8 Å². The number of nitrogens with two attached hydrogens (primary N) is 1. The van der Waals surface area contributed by atoms with E-state index in [1.54, 1.807) is 19.2 Å². The van der Waals surface area contributed by atoms with Gasteiger partial charge in [0.2, 0.25) is 10.0 Å². The van der Waals surface area contributed by atoms with Gasteiger partial charge in [-0.15, -0.1) is 0 Å². The zero-order chi connectivity index (χ0) is 16.1. The van der Waals surface area contributed by atoms with E-state index in [2.05, 4.69) is 4.72 Å². The molecule has 0 aliphatic heterocycles. The molecule has 6 heteroatoms. The van der Waals surface area contributed by atoms with E-state index in [0.717, 1.165) is 18.4 Å². The smallest absolute Gasteiger partial charge is 0.240 e. The number of sulfonamides is 1. The maximum Gasteiger partial charge on any atom is 0.240 e. The Kier molecular flexibility index (Phi) is 6.19. The number of benzene rings is 1. The lowest BCUT2D eigenvalue weighted by Gasteiger charge is -2.24. The molecule has 0 saturated heterocycles. The molecule has 5 nitrogen and oxygen atoms in total. The lowest BCUT2D eigenvalue weighted by atomic mass is 9.90. The van der Waals surface area contributed by atoms with Crippen LogP contribution in [-0.4, -0.2) is 28.7 Å². The highest BCUT2D eigenvalue weighted by Crippen LogP contribution is 2.22. The molecule has 0 spiro atoms. The van der Waals surface area contributed by atoms with Crippen LogP contribution < -0.4 is 10.5 Å². The van der Waals surface area contributed by atoms with E-state index >= 15 is 0 Å². The fraction of sp³-hybridized carbons (Fsp3) is 0.600. The van der Waals surface area contributed by atoms with E-state index in [-0.39, 0.29) is 10.3 Å². The maximum atomic E-state index is 12.3. The molecular formula is C15H26N2O3S. The van der Waals surface area contributed by atoms with E-state index in [0.29, 0.717) is 18.8 Å². The minimum Gasteiger partial charge on any atom is -0.398 e. The lowest BCUT2D eigenvalue weighted by Crippen LogP contribution is -2.34. The Morgan fingerprint density at radius 3 is 2.52 bits per heavy atom. The van der Waals surface area contributed by atoms with Crippen LogP contribution in [0.25, 0.3) is 0 Å². The number of aryl methyl sites for hydroxylation is 1. The number of methoxy groups -OCH3 is 1. The van der Waals surface area contributed by atoms with Crippen molar-refractivity contribution in [3.8, 4) is 0 Å². The average Bonchev–Trinajstić information content (AvgIpc) is 2.43. The van der Waals surface area contributed by atoms with E-state index in [4.69, 9.17) is 10.5 Å². The maximum absolute atomic E-state index is 12.3. The number of rotatable bonds is 8. The number of ether oxygens (including phenoxy) is 1. The highest BCUT2D eigenvalue weighted by atomic mass is 32.2. The van der Waals surface area contributed by atoms with Gasteiger partial charge in [0.05, 0.1) is 4.90 Å². The van der Waals surface area contributed by atoms with E-state index in [9.17, 15) is 8.42 Å². The van der Waals surface area contributed by atoms with E-state index in [1.165, 1.54) is 6.07 Å². The number of nitrogens with one attached hydrogen (secondary N) is 1. The third kappa shape index (κ3) is 5.30. The van der Waals surface area contributed by atoms with Crippen molar-refractivity contribution in [1.29, 1.82) is 0 Å². The molecule has 1 rings (SSSR count). The van der Waals surface area contributed by atoms with Gasteiger partial charge in [0.15, 0.2) is 0 Å². The van der Waals surface area contributed by atoms with Crippen LogP contribution in [0.2, 0.25) is 0 Å². The normalized spacial score (nSPS) is 12.6. The molecule has 0 amide bonds. The summed E-state index contributed by atoms with van der Waals surface area (Å²) in [5.74, 6) is 0. The Hall–Kier alpha value is -1.11. The van der Waals surface area contributed by atoms with E-state index in [1.807, 2.05) is 20.8 Å². The lowest BCUT2D eigenvalue weighted by molar-refractivity contribution is 0.153. The summed E-state index contributed by atoms with van der Waals surface area (Å²) in [5.41, 5.74) is 7.16. The summed E-state index contributed by atoms with van der Waals surface area (Å²) in [6.07, 6.45) is 1.56. The second kappa shape index (κ2) is 7.24. The molecule has 0 aromatic heterocycles. The Morgan fingerprint density at radius 2 is 2.00 bits per heavy atom. The molecule has 0 aliphatic rings. The average molecular weight is 314 g/mol. The molecule has 3 N–H and O–H groups in total. The molecular weight excluding hydrogens is 288 g/mol. The van der Waals surface area contributed by atoms with Crippen LogP contribution in [0.4, 0.5) is 5.69 Å². The molecule has 0 radical (unpaired) electrons. The summed E-state index contributed by atoms with van der Waals surface area (Å²) >= 11 is 0. The standard InChI is InChI=1S/C15H26N2O3S/c1-5-12-6-7-13(10-14(12)16)21(18,19)17-11-15(2,3)8-9-20-4/h6-7,10,17H,5,8-9,11,16H2,1-4H3. The summed E-state index contributed by atoms with van der Waals surface area (Å²) in [6, 6.07) is 4.88. The van der Waals surface area contributed by atoms with Gasteiger partial charge in [0.25, 0.3) is 0 Å². The summed E-state index contributed by atoms with van der Waals surface area (Å²) in [6.45, 7) is 6.95. The van der Waals surface area contributed by atoms with Crippen LogP contribution in [-0.2, 0) is 21.2 Å². The Balaban J connectivity index is 2.80. The van der Waals surface area contributed by atoms with Crippen molar-refractivity contribution in [2.45, 2.75) is 38.5 Å². The minimum absolute atomic E-state index is 0.169. The summed E-state index contributed by atoms with van der Waals surface area (Å²) in [4.78, 5) is 0.208. The predicted octanol–water partition coefficient (Wildman–Crippen LogP) is 2.17. The fourth-order valence-electron chi connectivity index (χ4n) is 1.90. The third-order valence-electron chi connectivity index (χ3n) is 3.53. The highest BCUT2D eigenvalue weighted by molar-refractivity contribution is 7.89. The molecule has 0 heterocycles. The zero-order valence-corrected chi connectivity index (χ0v) is 14.1. The highest BCUT2D eigenvalue weighted by Gasteiger charge is 2.22. The van der Waals surface area contributed by atoms with Gasteiger partial charge in [0.1, 0.15) is 0 Å². The second-order valence-corrected chi connectivity index (χ2v) is 7.71. The van der Waals surface area contributed by atoms with Gasteiger partial charge in [-0.25, -0.2) is 13.1 Å². The van der Waals surface area contributed by atoms with Gasteiger partial charge in [-0.05, 0) is 36.0 Å². The zero-order valence-electron chi connectivity index (χ0n) is 13.3. The Morgan fingerprint density at radius 1 is 1.33 bits per heavy atom. The largest absolute Gasteiger partial charge is 0.398 e. The first kappa shape index (κ1) is 17.9.